The van der Waals surface area contributed by atoms with Crippen LogP contribution in [0.1, 0.15) is 52.9 Å². The number of hydrogen-bond acceptors (Lipinski definition) is 3. The molecule has 0 bridgehead atoms. The molecule has 0 saturated heterocycles. The van der Waals surface area contributed by atoms with Crippen molar-refractivity contribution in [1.29, 1.82) is 0 Å². The van der Waals surface area contributed by atoms with Crippen molar-refractivity contribution in [3.05, 3.63) is 18.2 Å². The predicted octanol–water partition coefficient (Wildman–Crippen LogP) is 3.00. The van der Waals surface area contributed by atoms with E-state index in [2.05, 4.69) is 55.7 Å². The molecule has 0 saturated carbocycles. The van der Waals surface area contributed by atoms with Gasteiger partial charge in [-0.25, -0.2) is 4.98 Å². The SMILES string of the molecule is CCCn1ccnc1C(NCC)C(OCC)C(C)C. The number of rotatable bonds is 9. The fourth-order valence-electron chi connectivity index (χ4n) is 2.47. The molecule has 0 radical (unpaired) electrons. The minimum Gasteiger partial charge on any atom is -0.376 e. The Morgan fingerprint density at radius 2 is 2.05 bits per heavy atom. The number of nitrogens with one attached hydrogen (secondary N) is 1. The van der Waals surface area contributed by atoms with Gasteiger partial charge in [-0.15, -0.1) is 0 Å². The lowest BCUT2D eigenvalue weighted by atomic mass is 9.98. The minimum absolute atomic E-state index is 0.156. The maximum Gasteiger partial charge on any atom is 0.128 e. The molecule has 0 amide bonds. The molecule has 4 nitrogen and oxygen atoms in total. The average molecular weight is 267 g/mol. The second-order valence-corrected chi connectivity index (χ2v) is 5.18. The van der Waals surface area contributed by atoms with Crippen LogP contribution in [-0.2, 0) is 11.3 Å². The normalized spacial score (nSPS) is 14.8. The standard InChI is InChI=1S/C15H29N3O/c1-6-10-18-11-9-17-15(18)13(16-7-2)14(12(4)5)19-8-3/h9,11-14,16H,6-8,10H2,1-5H3. The van der Waals surface area contributed by atoms with Crippen molar-refractivity contribution in [1.82, 2.24) is 14.9 Å². The minimum atomic E-state index is 0.156. The lowest BCUT2D eigenvalue weighted by molar-refractivity contribution is 0.000270. The summed E-state index contributed by atoms with van der Waals surface area (Å²) in [4.78, 5) is 4.56. The van der Waals surface area contributed by atoms with Gasteiger partial charge in [0.25, 0.3) is 0 Å². The Balaban J connectivity index is 2.99. The second-order valence-electron chi connectivity index (χ2n) is 5.18. The number of nitrogens with zero attached hydrogens (tertiary/aromatic N) is 2. The lowest BCUT2D eigenvalue weighted by Gasteiger charge is -2.30. The molecule has 0 fully saturated rings. The largest absolute Gasteiger partial charge is 0.376 e. The zero-order chi connectivity index (χ0) is 14.3. The molecule has 0 aromatic carbocycles. The topological polar surface area (TPSA) is 39.1 Å². The Labute approximate surface area is 117 Å². The molecular weight excluding hydrogens is 238 g/mol. The van der Waals surface area contributed by atoms with Crippen molar-refractivity contribution >= 4 is 0 Å². The smallest absolute Gasteiger partial charge is 0.128 e. The molecule has 1 N–H and O–H groups in total. The van der Waals surface area contributed by atoms with Crippen molar-refractivity contribution in [2.24, 2.45) is 5.92 Å². The monoisotopic (exact) mass is 267 g/mol. The van der Waals surface area contributed by atoms with E-state index >= 15 is 0 Å². The van der Waals surface area contributed by atoms with Gasteiger partial charge in [-0.3, -0.25) is 0 Å². The molecule has 1 rings (SSSR count). The summed E-state index contributed by atoms with van der Waals surface area (Å²) in [5, 5.41) is 3.54. The average Bonchev–Trinajstić information content (AvgIpc) is 2.82. The maximum atomic E-state index is 5.96. The third-order valence-electron chi connectivity index (χ3n) is 3.26. The highest BCUT2D eigenvalue weighted by Gasteiger charge is 2.29. The third-order valence-corrected chi connectivity index (χ3v) is 3.26. The number of aromatic nitrogens is 2. The molecule has 0 aliphatic carbocycles. The molecule has 4 heteroatoms. The quantitative estimate of drug-likeness (QED) is 0.747. The van der Waals surface area contributed by atoms with Gasteiger partial charge in [-0.05, 0) is 25.8 Å². The van der Waals surface area contributed by atoms with Crippen LogP contribution < -0.4 is 5.32 Å². The fourth-order valence-corrected chi connectivity index (χ4v) is 2.47. The number of aryl methyl sites for hydroxylation is 1. The van der Waals surface area contributed by atoms with E-state index in [0.717, 1.165) is 31.9 Å². The highest BCUT2D eigenvalue weighted by atomic mass is 16.5. The molecule has 1 aromatic rings. The Morgan fingerprint density at radius 1 is 1.32 bits per heavy atom. The molecule has 2 atom stereocenters. The third kappa shape index (κ3) is 4.32. The number of ether oxygens (including phenoxy) is 1. The first-order chi connectivity index (χ1) is 9.15. The van der Waals surface area contributed by atoms with Crippen LogP contribution in [0.3, 0.4) is 0 Å². The van der Waals surface area contributed by atoms with Gasteiger partial charge in [0.05, 0.1) is 12.1 Å². The van der Waals surface area contributed by atoms with Crippen molar-refractivity contribution in [3.63, 3.8) is 0 Å². The van der Waals surface area contributed by atoms with E-state index in [1.54, 1.807) is 0 Å². The van der Waals surface area contributed by atoms with Crippen LogP contribution >= 0.6 is 0 Å². The van der Waals surface area contributed by atoms with E-state index in [0.29, 0.717) is 5.92 Å². The first-order valence-corrected chi connectivity index (χ1v) is 7.51. The summed E-state index contributed by atoms with van der Waals surface area (Å²) >= 11 is 0. The maximum absolute atomic E-state index is 5.96. The number of likely N-dealkylation sites (N-methyl/N-ethyl adjacent to an activating group) is 1. The predicted molar refractivity (Wildman–Crippen MR) is 79.2 cm³/mol. The van der Waals surface area contributed by atoms with Gasteiger partial charge in [-0.2, -0.15) is 0 Å². The van der Waals surface area contributed by atoms with Crippen LogP contribution in [0, 0.1) is 5.92 Å². The highest BCUT2D eigenvalue weighted by Crippen LogP contribution is 2.24. The molecular formula is C15H29N3O. The highest BCUT2D eigenvalue weighted by molar-refractivity contribution is 5.03. The molecule has 0 spiro atoms. The van der Waals surface area contributed by atoms with Crippen LogP contribution in [-0.4, -0.2) is 28.8 Å². The van der Waals surface area contributed by atoms with Crippen molar-refractivity contribution in [2.75, 3.05) is 13.2 Å². The zero-order valence-corrected chi connectivity index (χ0v) is 13.0. The molecule has 2 unspecified atom stereocenters. The van der Waals surface area contributed by atoms with Gasteiger partial charge in [0.15, 0.2) is 0 Å². The number of hydrogen-bond donors (Lipinski definition) is 1. The lowest BCUT2D eigenvalue weighted by Crippen LogP contribution is -2.39. The fraction of sp³-hybridized carbons (Fsp3) is 0.800. The van der Waals surface area contributed by atoms with E-state index in [1.807, 2.05) is 6.20 Å². The summed E-state index contributed by atoms with van der Waals surface area (Å²) in [6.07, 6.45) is 5.22. The Kier molecular flexibility index (Phi) is 7.10. The Hall–Kier alpha value is -0.870. The summed E-state index contributed by atoms with van der Waals surface area (Å²) < 4.78 is 8.20. The molecule has 1 aromatic heterocycles. The van der Waals surface area contributed by atoms with Crippen molar-refractivity contribution in [2.45, 2.75) is 59.7 Å². The Bertz CT molecular complexity index is 349. The first-order valence-electron chi connectivity index (χ1n) is 7.51. The van der Waals surface area contributed by atoms with Crippen LogP contribution in [0.5, 0.6) is 0 Å². The van der Waals surface area contributed by atoms with Gasteiger partial charge >= 0.3 is 0 Å². The van der Waals surface area contributed by atoms with E-state index < -0.39 is 0 Å². The van der Waals surface area contributed by atoms with Crippen LogP contribution in [0.2, 0.25) is 0 Å². The second kappa shape index (κ2) is 8.33. The summed E-state index contributed by atoms with van der Waals surface area (Å²) in [5.41, 5.74) is 0. The molecule has 0 aliphatic heterocycles. The van der Waals surface area contributed by atoms with Gasteiger partial charge in [0, 0.05) is 25.5 Å². The molecule has 19 heavy (non-hydrogen) atoms. The molecule has 1 heterocycles. The van der Waals surface area contributed by atoms with Crippen molar-refractivity contribution < 1.29 is 4.74 Å². The van der Waals surface area contributed by atoms with Gasteiger partial charge in [0.1, 0.15) is 5.82 Å². The van der Waals surface area contributed by atoms with E-state index in [1.165, 1.54) is 0 Å². The summed E-state index contributed by atoms with van der Waals surface area (Å²) in [7, 11) is 0. The van der Waals surface area contributed by atoms with Crippen LogP contribution in [0.15, 0.2) is 12.4 Å². The summed E-state index contributed by atoms with van der Waals surface area (Å²) in [6.45, 7) is 13.4. The molecule has 0 aliphatic rings. The van der Waals surface area contributed by atoms with Crippen LogP contribution in [0.4, 0.5) is 0 Å². The van der Waals surface area contributed by atoms with Gasteiger partial charge < -0.3 is 14.6 Å². The van der Waals surface area contributed by atoms with Crippen molar-refractivity contribution in [3.8, 4) is 0 Å². The van der Waals surface area contributed by atoms with Crippen LogP contribution in [0.25, 0.3) is 0 Å². The van der Waals surface area contributed by atoms with Gasteiger partial charge in [0.2, 0.25) is 0 Å². The summed E-state index contributed by atoms with van der Waals surface area (Å²) in [5.74, 6) is 1.55. The van der Waals surface area contributed by atoms with E-state index in [9.17, 15) is 0 Å². The Morgan fingerprint density at radius 3 is 2.58 bits per heavy atom. The number of imidazole rings is 1. The molecule has 110 valence electrons. The van der Waals surface area contributed by atoms with E-state index in [-0.39, 0.29) is 12.1 Å². The van der Waals surface area contributed by atoms with Gasteiger partial charge in [-0.1, -0.05) is 27.7 Å². The first kappa shape index (κ1) is 16.2. The van der Waals surface area contributed by atoms with E-state index in [4.69, 9.17) is 4.74 Å². The summed E-state index contributed by atoms with van der Waals surface area (Å²) in [6, 6.07) is 0.159. The zero-order valence-electron chi connectivity index (χ0n) is 13.0.